The fourth-order valence-corrected chi connectivity index (χ4v) is 3.41. The standard InChI is InChI=1S/C16H25N3/c1-11-13-6-9-17-10-14(13)19-15(18-11)12-4-7-16(2,3)8-5-12/h12,17H,4-10H2,1-3H3. The lowest BCUT2D eigenvalue weighted by Crippen LogP contribution is -2.28. The second-order valence-corrected chi connectivity index (χ2v) is 6.96. The molecule has 0 atom stereocenters. The first-order valence-corrected chi connectivity index (χ1v) is 7.62. The lowest BCUT2D eigenvalue weighted by atomic mass is 9.73. The number of nitrogens with zero attached hydrogens (tertiary/aromatic N) is 2. The molecule has 1 aliphatic carbocycles. The van der Waals surface area contributed by atoms with E-state index in [1.54, 1.807) is 0 Å². The number of rotatable bonds is 1. The molecule has 0 spiro atoms. The van der Waals surface area contributed by atoms with Crippen LogP contribution in [0.15, 0.2) is 0 Å². The fraction of sp³-hybridized carbons (Fsp3) is 0.750. The van der Waals surface area contributed by atoms with Crippen LogP contribution in [0.25, 0.3) is 0 Å². The molecule has 1 saturated carbocycles. The Labute approximate surface area is 116 Å². The van der Waals surface area contributed by atoms with Gasteiger partial charge >= 0.3 is 0 Å². The molecule has 19 heavy (non-hydrogen) atoms. The molecule has 1 aromatic rings. The first-order chi connectivity index (χ1) is 9.05. The fourth-order valence-electron chi connectivity index (χ4n) is 3.41. The van der Waals surface area contributed by atoms with Crippen molar-refractivity contribution < 1.29 is 0 Å². The van der Waals surface area contributed by atoms with E-state index in [0.717, 1.165) is 25.3 Å². The van der Waals surface area contributed by atoms with E-state index in [9.17, 15) is 0 Å². The van der Waals surface area contributed by atoms with Crippen molar-refractivity contribution >= 4 is 0 Å². The Morgan fingerprint density at radius 1 is 1.16 bits per heavy atom. The van der Waals surface area contributed by atoms with Crippen LogP contribution in [-0.2, 0) is 13.0 Å². The van der Waals surface area contributed by atoms with Crippen molar-refractivity contribution in [3.05, 3.63) is 22.8 Å². The van der Waals surface area contributed by atoms with Crippen molar-refractivity contribution in [3.63, 3.8) is 0 Å². The zero-order chi connectivity index (χ0) is 13.5. The smallest absolute Gasteiger partial charge is 0.132 e. The Kier molecular flexibility index (Phi) is 3.34. The van der Waals surface area contributed by atoms with Crippen LogP contribution < -0.4 is 5.32 Å². The summed E-state index contributed by atoms with van der Waals surface area (Å²) in [6, 6.07) is 0. The molecule has 0 aromatic carbocycles. The summed E-state index contributed by atoms with van der Waals surface area (Å²) < 4.78 is 0. The highest BCUT2D eigenvalue weighted by Gasteiger charge is 2.29. The molecule has 0 amide bonds. The van der Waals surface area contributed by atoms with Gasteiger partial charge in [0.1, 0.15) is 5.82 Å². The topological polar surface area (TPSA) is 37.8 Å². The second kappa shape index (κ2) is 4.86. The summed E-state index contributed by atoms with van der Waals surface area (Å²) in [6.07, 6.45) is 6.18. The maximum absolute atomic E-state index is 4.87. The van der Waals surface area contributed by atoms with Gasteiger partial charge in [0.05, 0.1) is 5.69 Å². The van der Waals surface area contributed by atoms with Crippen LogP contribution in [0.5, 0.6) is 0 Å². The molecule has 104 valence electrons. The Hall–Kier alpha value is -0.960. The molecule has 1 fully saturated rings. The Balaban J connectivity index is 1.84. The summed E-state index contributed by atoms with van der Waals surface area (Å²) in [5, 5.41) is 3.42. The highest BCUT2D eigenvalue weighted by atomic mass is 15.0. The maximum Gasteiger partial charge on any atom is 0.132 e. The number of aryl methyl sites for hydroxylation is 1. The van der Waals surface area contributed by atoms with Gasteiger partial charge in [0, 0.05) is 18.2 Å². The molecule has 1 N–H and O–H groups in total. The molecule has 0 saturated heterocycles. The van der Waals surface area contributed by atoms with Crippen molar-refractivity contribution in [2.75, 3.05) is 6.54 Å². The molecule has 1 aromatic heterocycles. The number of nitrogens with one attached hydrogen (secondary N) is 1. The number of aromatic nitrogens is 2. The predicted octanol–water partition coefficient (Wildman–Crippen LogP) is 3.11. The third-order valence-corrected chi connectivity index (χ3v) is 4.87. The van der Waals surface area contributed by atoms with Gasteiger partial charge < -0.3 is 5.32 Å². The monoisotopic (exact) mass is 259 g/mol. The minimum absolute atomic E-state index is 0.515. The number of hydrogen-bond donors (Lipinski definition) is 1. The third kappa shape index (κ3) is 2.66. The van der Waals surface area contributed by atoms with Gasteiger partial charge in [-0.2, -0.15) is 0 Å². The van der Waals surface area contributed by atoms with Gasteiger partial charge in [-0.15, -0.1) is 0 Å². The summed E-state index contributed by atoms with van der Waals surface area (Å²) in [4.78, 5) is 9.69. The quantitative estimate of drug-likeness (QED) is 0.842. The van der Waals surface area contributed by atoms with Crippen LogP contribution in [0.2, 0.25) is 0 Å². The summed E-state index contributed by atoms with van der Waals surface area (Å²) in [5.41, 5.74) is 4.37. The highest BCUT2D eigenvalue weighted by Crippen LogP contribution is 2.41. The molecule has 1 aliphatic heterocycles. The molecular weight excluding hydrogens is 234 g/mol. The van der Waals surface area contributed by atoms with Crippen LogP contribution in [0, 0.1) is 12.3 Å². The van der Waals surface area contributed by atoms with Crippen molar-refractivity contribution in [2.24, 2.45) is 5.41 Å². The average Bonchev–Trinajstić information content (AvgIpc) is 2.38. The number of fused-ring (bicyclic) bond motifs is 1. The van der Waals surface area contributed by atoms with Crippen LogP contribution in [0.1, 0.15) is 68.2 Å². The van der Waals surface area contributed by atoms with E-state index in [-0.39, 0.29) is 0 Å². The minimum atomic E-state index is 0.515. The minimum Gasteiger partial charge on any atom is -0.311 e. The van der Waals surface area contributed by atoms with Gasteiger partial charge in [0.2, 0.25) is 0 Å². The molecule has 0 bridgehead atoms. The first kappa shape index (κ1) is 13.0. The maximum atomic E-state index is 4.87. The molecule has 0 radical (unpaired) electrons. The predicted molar refractivity (Wildman–Crippen MR) is 77.2 cm³/mol. The molecular formula is C16H25N3. The SMILES string of the molecule is Cc1nc(C2CCC(C)(C)CC2)nc2c1CCNC2. The second-order valence-electron chi connectivity index (χ2n) is 6.96. The molecule has 3 heteroatoms. The van der Waals surface area contributed by atoms with Crippen LogP contribution in [0.3, 0.4) is 0 Å². The van der Waals surface area contributed by atoms with E-state index in [4.69, 9.17) is 9.97 Å². The van der Waals surface area contributed by atoms with Gasteiger partial charge in [-0.05, 0) is 56.6 Å². The van der Waals surface area contributed by atoms with Gasteiger partial charge in [0.15, 0.2) is 0 Å². The Morgan fingerprint density at radius 3 is 2.63 bits per heavy atom. The first-order valence-electron chi connectivity index (χ1n) is 7.62. The largest absolute Gasteiger partial charge is 0.311 e. The van der Waals surface area contributed by atoms with Crippen molar-refractivity contribution in [1.29, 1.82) is 0 Å². The zero-order valence-corrected chi connectivity index (χ0v) is 12.4. The van der Waals surface area contributed by atoms with E-state index >= 15 is 0 Å². The molecule has 3 rings (SSSR count). The summed E-state index contributed by atoms with van der Waals surface area (Å²) in [6.45, 7) is 8.90. The molecule has 2 heterocycles. The van der Waals surface area contributed by atoms with Crippen LogP contribution in [-0.4, -0.2) is 16.5 Å². The normalized spacial score (nSPS) is 23.1. The average molecular weight is 259 g/mol. The molecule has 0 unspecified atom stereocenters. The summed E-state index contributed by atoms with van der Waals surface area (Å²) >= 11 is 0. The number of hydrogen-bond acceptors (Lipinski definition) is 3. The van der Waals surface area contributed by atoms with E-state index in [2.05, 4.69) is 26.1 Å². The third-order valence-electron chi connectivity index (χ3n) is 4.87. The Morgan fingerprint density at radius 2 is 1.89 bits per heavy atom. The van der Waals surface area contributed by atoms with Gasteiger partial charge in [-0.25, -0.2) is 9.97 Å². The molecule has 3 nitrogen and oxygen atoms in total. The van der Waals surface area contributed by atoms with Gasteiger partial charge in [-0.3, -0.25) is 0 Å². The summed E-state index contributed by atoms with van der Waals surface area (Å²) in [7, 11) is 0. The van der Waals surface area contributed by atoms with Crippen molar-refractivity contribution in [3.8, 4) is 0 Å². The van der Waals surface area contributed by atoms with E-state index in [1.165, 1.54) is 42.6 Å². The van der Waals surface area contributed by atoms with E-state index in [0.29, 0.717) is 11.3 Å². The van der Waals surface area contributed by atoms with E-state index < -0.39 is 0 Å². The molecule has 2 aliphatic rings. The van der Waals surface area contributed by atoms with E-state index in [1.807, 2.05) is 0 Å². The van der Waals surface area contributed by atoms with Crippen molar-refractivity contribution in [1.82, 2.24) is 15.3 Å². The van der Waals surface area contributed by atoms with Gasteiger partial charge in [0.25, 0.3) is 0 Å². The Bertz CT molecular complexity index is 469. The van der Waals surface area contributed by atoms with Crippen LogP contribution in [0.4, 0.5) is 0 Å². The summed E-state index contributed by atoms with van der Waals surface area (Å²) in [5.74, 6) is 1.69. The highest BCUT2D eigenvalue weighted by molar-refractivity contribution is 5.28. The lowest BCUT2D eigenvalue weighted by Gasteiger charge is -2.34. The van der Waals surface area contributed by atoms with Crippen LogP contribution >= 0.6 is 0 Å². The van der Waals surface area contributed by atoms with Gasteiger partial charge in [-0.1, -0.05) is 13.8 Å². The van der Waals surface area contributed by atoms with Crippen molar-refractivity contribution in [2.45, 2.75) is 65.3 Å². The lowest BCUT2D eigenvalue weighted by molar-refractivity contribution is 0.220. The zero-order valence-electron chi connectivity index (χ0n) is 12.4.